The lowest BCUT2D eigenvalue weighted by Crippen LogP contribution is -2.38. The maximum Gasteiger partial charge on any atom is 0.282 e. The first kappa shape index (κ1) is 16.8. The third-order valence-corrected chi connectivity index (χ3v) is 5.00. The zero-order valence-corrected chi connectivity index (χ0v) is 15.2. The third-order valence-electron chi connectivity index (χ3n) is 5.00. The summed E-state index contributed by atoms with van der Waals surface area (Å²) < 4.78 is 7.96. The molecule has 4 rings (SSSR count). The van der Waals surface area contributed by atoms with Crippen LogP contribution in [0, 0.1) is 19.3 Å². The second kappa shape index (κ2) is 6.25. The van der Waals surface area contributed by atoms with Crippen LogP contribution in [0.15, 0.2) is 28.5 Å². The van der Waals surface area contributed by atoms with Gasteiger partial charge in [-0.2, -0.15) is 4.99 Å². The molecule has 0 radical (unpaired) electrons. The van der Waals surface area contributed by atoms with Gasteiger partial charge in [-0.1, -0.05) is 0 Å². The number of amidine groups is 2. The number of aliphatic imine (C=N–C) groups is 1. The highest BCUT2D eigenvalue weighted by atomic mass is 16.7. The van der Waals surface area contributed by atoms with Crippen molar-refractivity contribution in [1.82, 2.24) is 9.63 Å². The van der Waals surface area contributed by atoms with Crippen molar-refractivity contribution in [3.63, 3.8) is 0 Å². The van der Waals surface area contributed by atoms with Crippen LogP contribution in [0.4, 0.5) is 0 Å². The molecule has 4 heterocycles. The molecule has 7 heteroatoms. The summed E-state index contributed by atoms with van der Waals surface area (Å²) in [5.74, 6) is 0.563. The summed E-state index contributed by atoms with van der Waals surface area (Å²) in [6.45, 7) is 7.48. The predicted molar refractivity (Wildman–Crippen MR) is 97.7 cm³/mol. The number of hydroxylamine groups is 2. The van der Waals surface area contributed by atoms with Gasteiger partial charge in [-0.3, -0.25) is 10.2 Å². The molecule has 3 aliphatic heterocycles. The number of aryl methyl sites for hydroxylation is 1. The molecule has 1 aromatic rings. The highest BCUT2D eigenvalue weighted by Gasteiger charge is 2.34. The van der Waals surface area contributed by atoms with E-state index in [9.17, 15) is 4.79 Å². The summed E-state index contributed by atoms with van der Waals surface area (Å²) in [5, 5.41) is 9.61. The monoisotopic (exact) mass is 354 g/mol. The van der Waals surface area contributed by atoms with Crippen LogP contribution in [0.25, 0.3) is 6.08 Å². The molecule has 7 nitrogen and oxygen atoms in total. The van der Waals surface area contributed by atoms with Crippen molar-refractivity contribution in [2.45, 2.75) is 46.3 Å². The van der Waals surface area contributed by atoms with E-state index in [1.165, 1.54) is 5.06 Å². The maximum atomic E-state index is 12.4. The van der Waals surface area contributed by atoms with E-state index in [1.807, 2.05) is 19.9 Å². The van der Waals surface area contributed by atoms with Gasteiger partial charge in [0.1, 0.15) is 5.76 Å². The molecule has 0 unspecified atom stereocenters. The van der Waals surface area contributed by atoms with Crippen LogP contribution in [0.2, 0.25) is 0 Å². The lowest BCUT2D eigenvalue weighted by Gasteiger charge is -2.23. The second-order valence-corrected chi connectivity index (χ2v) is 6.89. The number of nitrogens with one attached hydrogen (secondary N) is 1. The third kappa shape index (κ3) is 2.78. The van der Waals surface area contributed by atoms with Gasteiger partial charge < -0.3 is 14.1 Å². The fourth-order valence-electron chi connectivity index (χ4n) is 3.60. The highest BCUT2D eigenvalue weighted by Crippen LogP contribution is 2.26. The molecule has 1 aromatic heterocycles. The Bertz CT molecular complexity index is 885. The molecule has 1 N–H and O–H groups in total. The van der Waals surface area contributed by atoms with E-state index in [2.05, 4.69) is 9.56 Å². The molecule has 26 heavy (non-hydrogen) atoms. The average Bonchev–Trinajstić information content (AvgIpc) is 3.28. The Morgan fingerprint density at radius 1 is 1.38 bits per heavy atom. The van der Waals surface area contributed by atoms with Crippen LogP contribution in [0.3, 0.4) is 0 Å². The van der Waals surface area contributed by atoms with E-state index >= 15 is 0 Å². The number of nitrogens with zero attached hydrogens (tertiary/aromatic N) is 3. The molecule has 1 fully saturated rings. The van der Waals surface area contributed by atoms with Crippen molar-refractivity contribution in [2.75, 3.05) is 6.61 Å². The van der Waals surface area contributed by atoms with E-state index in [4.69, 9.17) is 15.0 Å². The number of amides is 1. The normalized spacial score (nSPS) is 24.0. The molecular weight excluding hydrogens is 332 g/mol. The van der Waals surface area contributed by atoms with Crippen LogP contribution >= 0.6 is 0 Å². The highest BCUT2D eigenvalue weighted by molar-refractivity contribution is 6.32. The predicted octanol–water partition coefficient (Wildman–Crippen LogP) is 2.73. The zero-order valence-electron chi connectivity index (χ0n) is 15.2. The lowest BCUT2D eigenvalue weighted by molar-refractivity contribution is -0.114. The van der Waals surface area contributed by atoms with Crippen LogP contribution in [0.1, 0.15) is 36.7 Å². The van der Waals surface area contributed by atoms with Gasteiger partial charge in [0.05, 0.1) is 11.7 Å². The Kier molecular flexibility index (Phi) is 4.03. The number of carbonyl (C=O) groups is 1. The molecule has 0 aromatic carbocycles. The van der Waals surface area contributed by atoms with E-state index in [1.54, 1.807) is 19.1 Å². The first-order chi connectivity index (χ1) is 12.4. The van der Waals surface area contributed by atoms with Gasteiger partial charge in [0.25, 0.3) is 5.91 Å². The summed E-state index contributed by atoms with van der Waals surface area (Å²) in [6.07, 6.45) is 5.81. The Hall–Kier alpha value is -2.67. The molecule has 0 aliphatic carbocycles. The number of rotatable bonds is 3. The molecule has 0 spiro atoms. The first-order valence-electron chi connectivity index (χ1n) is 8.82. The van der Waals surface area contributed by atoms with E-state index in [-0.39, 0.29) is 17.5 Å². The number of hydrogen-bond donors (Lipinski definition) is 1. The SMILES string of the molecule is CC1=CC2=NC(=O)/C(=C\c3cc(C)n(C[C@H]4CCCO4)c3C)C(=N)N2O1. The smallest absolute Gasteiger partial charge is 0.282 e. The quantitative estimate of drug-likeness (QED) is 0.847. The molecule has 1 amide bonds. The largest absolute Gasteiger partial charge is 0.376 e. The Morgan fingerprint density at radius 3 is 2.92 bits per heavy atom. The topological polar surface area (TPSA) is 79.9 Å². The van der Waals surface area contributed by atoms with E-state index < -0.39 is 5.91 Å². The number of hydrogen-bond acceptors (Lipinski definition) is 4. The molecule has 136 valence electrons. The van der Waals surface area contributed by atoms with Crippen LogP contribution in [-0.4, -0.2) is 39.9 Å². The fourth-order valence-corrected chi connectivity index (χ4v) is 3.60. The number of carbonyl (C=O) groups excluding carboxylic acids is 1. The van der Waals surface area contributed by atoms with Crippen molar-refractivity contribution in [3.8, 4) is 0 Å². The van der Waals surface area contributed by atoms with E-state index in [0.29, 0.717) is 11.6 Å². The lowest BCUT2D eigenvalue weighted by atomic mass is 10.1. The van der Waals surface area contributed by atoms with Gasteiger partial charge in [0.15, 0.2) is 11.7 Å². The Labute approximate surface area is 152 Å². The molecular formula is C19H22N4O3. The summed E-state index contributed by atoms with van der Waals surface area (Å²) in [6, 6.07) is 2.03. The van der Waals surface area contributed by atoms with Crippen LogP contribution in [0.5, 0.6) is 0 Å². The van der Waals surface area contributed by atoms with Gasteiger partial charge in [0.2, 0.25) is 0 Å². The molecule has 0 bridgehead atoms. The minimum atomic E-state index is -0.417. The Morgan fingerprint density at radius 2 is 2.19 bits per heavy atom. The van der Waals surface area contributed by atoms with Gasteiger partial charge in [-0.25, -0.2) is 0 Å². The minimum absolute atomic E-state index is 0.0111. The molecule has 0 saturated carbocycles. The second-order valence-electron chi connectivity index (χ2n) is 6.89. The molecule has 1 saturated heterocycles. The Balaban J connectivity index is 1.64. The summed E-state index contributed by atoms with van der Waals surface area (Å²) in [4.78, 5) is 21.9. The first-order valence-corrected chi connectivity index (χ1v) is 8.82. The van der Waals surface area contributed by atoms with Crippen molar-refractivity contribution in [3.05, 3.63) is 40.4 Å². The van der Waals surface area contributed by atoms with Crippen molar-refractivity contribution in [1.29, 1.82) is 5.41 Å². The van der Waals surface area contributed by atoms with Crippen molar-refractivity contribution in [2.24, 2.45) is 4.99 Å². The van der Waals surface area contributed by atoms with Crippen LogP contribution in [-0.2, 0) is 20.9 Å². The van der Waals surface area contributed by atoms with Gasteiger partial charge in [0, 0.05) is 30.6 Å². The van der Waals surface area contributed by atoms with E-state index in [0.717, 1.165) is 42.9 Å². The summed E-state index contributed by atoms with van der Waals surface area (Å²) in [7, 11) is 0. The average molecular weight is 354 g/mol. The minimum Gasteiger partial charge on any atom is -0.376 e. The standard InChI is InChI=1S/C19H22N4O3/c1-11-7-14(13(3)22(11)10-15-5-4-6-25-15)9-16-18(20)23-17(21-19(16)24)8-12(2)26-23/h7-9,15,20H,4-6,10H2,1-3H3/b16-9-,20-18?/t15-/m1/s1. The fraction of sp³-hybridized carbons (Fsp3) is 0.421. The maximum absolute atomic E-state index is 12.4. The number of allylic oxidation sites excluding steroid dienone is 1. The summed E-state index contributed by atoms with van der Waals surface area (Å²) >= 11 is 0. The zero-order chi connectivity index (χ0) is 18.4. The van der Waals surface area contributed by atoms with Crippen molar-refractivity contribution >= 4 is 23.7 Å². The number of fused-ring (bicyclic) bond motifs is 1. The number of aromatic nitrogens is 1. The van der Waals surface area contributed by atoms with Gasteiger partial charge in [-0.05, 0) is 51.3 Å². The summed E-state index contributed by atoms with van der Waals surface area (Å²) in [5.41, 5.74) is 3.31. The van der Waals surface area contributed by atoms with Gasteiger partial charge >= 0.3 is 0 Å². The van der Waals surface area contributed by atoms with Crippen molar-refractivity contribution < 1.29 is 14.4 Å². The molecule has 3 aliphatic rings. The van der Waals surface area contributed by atoms with Gasteiger partial charge in [-0.15, -0.1) is 5.06 Å². The van der Waals surface area contributed by atoms with Crippen LogP contribution < -0.4 is 0 Å². The molecule has 1 atom stereocenters. The number of ether oxygens (including phenoxy) is 1.